The van der Waals surface area contributed by atoms with E-state index in [1.54, 1.807) is 0 Å². The molecule has 0 amide bonds. The molecule has 3 rings (SSSR count). The summed E-state index contributed by atoms with van der Waals surface area (Å²) in [6, 6.07) is 18.7. The van der Waals surface area contributed by atoms with Crippen molar-refractivity contribution in [2.24, 2.45) is 0 Å². The number of halogens is 2. The predicted octanol–water partition coefficient (Wildman–Crippen LogP) is 11.4. The molecule has 0 aliphatic rings. The van der Waals surface area contributed by atoms with Gasteiger partial charge in [-0.25, -0.2) is 8.78 Å². The minimum Gasteiger partial charge on any atom is -0.205 e. The Hall–Kier alpha value is -3.36. The van der Waals surface area contributed by atoms with Crippen molar-refractivity contribution in [2.45, 2.75) is 117 Å². The molecular formula is C40H48F2. The molecule has 0 aliphatic heterocycles. The molecule has 0 aliphatic carbocycles. The molecule has 0 heterocycles. The lowest BCUT2D eigenvalue weighted by molar-refractivity contribution is 0.577. The SMILES string of the molecule is CCCCCCCCCc1ccc(C#Cc2cc(F)c(C#Cc3ccc(CCCCCCCCC)cc3)c(F)c2)cc1. The standard InChI is InChI=1S/C40H48F2/c1-3-5-7-9-11-13-15-17-33-19-23-35(24-20-33)27-28-37-31-39(41)38(40(42)32-37)30-29-36-25-21-34(22-26-36)18-16-14-12-10-8-6-4-2/h19-26,31-32H,3-18H2,1-2H3. The number of aryl methyl sites for hydroxylation is 2. The summed E-state index contributed by atoms with van der Waals surface area (Å²) in [5, 5.41) is 0. The van der Waals surface area contributed by atoms with Crippen LogP contribution in [0.2, 0.25) is 0 Å². The lowest BCUT2D eigenvalue weighted by Gasteiger charge is -2.03. The fraction of sp³-hybridized carbons (Fsp3) is 0.450. The third kappa shape index (κ3) is 12.7. The topological polar surface area (TPSA) is 0 Å². The van der Waals surface area contributed by atoms with E-state index in [0.29, 0.717) is 5.56 Å². The van der Waals surface area contributed by atoms with E-state index >= 15 is 0 Å². The van der Waals surface area contributed by atoms with Gasteiger partial charge in [0.25, 0.3) is 0 Å². The molecule has 0 atom stereocenters. The summed E-state index contributed by atoms with van der Waals surface area (Å²) in [4.78, 5) is 0. The van der Waals surface area contributed by atoms with Crippen molar-refractivity contribution in [1.82, 2.24) is 0 Å². The van der Waals surface area contributed by atoms with Gasteiger partial charge in [0.15, 0.2) is 0 Å². The Morgan fingerprint density at radius 1 is 0.429 bits per heavy atom. The Morgan fingerprint density at radius 2 is 0.786 bits per heavy atom. The maximum atomic E-state index is 14.8. The monoisotopic (exact) mass is 566 g/mol. The molecule has 222 valence electrons. The second-order valence-corrected chi connectivity index (χ2v) is 11.5. The van der Waals surface area contributed by atoms with Crippen molar-refractivity contribution in [3.63, 3.8) is 0 Å². The van der Waals surface area contributed by atoms with E-state index in [1.807, 2.05) is 24.3 Å². The van der Waals surface area contributed by atoms with Gasteiger partial charge in [-0.2, -0.15) is 0 Å². The van der Waals surface area contributed by atoms with Crippen molar-refractivity contribution in [1.29, 1.82) is 0 Å². The molecule has 0 saturated carbocycles. The van der Waals surface area contributed by atoms with Crippen LogP contribution in [-0.4, -0.2) is 0 Å². The van der Waals surface area contributed by atoms with Gasteiger partial charge >= 0.3 is 0 Å². The normalized spacial score (nSPS) is 10.6. The van der Waals surface area contributed by atoms with Crippen LogP contribution in [-0.2, 0) is 12.8 Å². The number of benzene rings is 3. The molecule has 0 fully saturated rings. The second kappa shape index (κ2) is 19.7. The molecule has 2 heteroatoms. The van der Waals surface area contributed by atoms with Crippen LogP contribution in [0.15, 0.2) is 60.7 Å². The number of hydrogen-bond acceptors (Lipinski definition) is 0. The molecule has 0 bridgehead atoms. The highest BCUT2D eigenvalue weighted by atomic mass is 19.1. The van der Waals surface area contributed by atoms with Gasteiger partial charge in [-0.15, -0.1) is 0 Å². The quantitative estimate of drug-likeness (QED) is 0.119. The zero-order valence-electron chi connectivity index (χ0n) is 25.8. The summed E-state index contributed by atoms with van der Waals surface area (Å²) in [5.41, 5.74) is 4.24. The molecule has 0 saturated heterocycles. The Labute approximate surface area is 254 Å². The van der Waals surface area contributed by atoms with E-state index in [-0.39, 0.29) is 5.56 Å². The molecule has 0 nitrogen and oxygen atoms in total. The van der Waals surface area contributed by atoms with Crippen molar-refractivity contribution < 1.29 is 8.78 Å². The molecule has 3 aromatic carbocycles. The maximum absolute atomic E-state index is 14.8. The Balaban J connectivity index is 1.49. The first-order valence-corrected chi connectivity index (χ1v) is 16.3. The fourth-order valence-electron chi connectivity index (χ4n) is 5.13. The Bertz CT molecular complexity index is 1290. The van der Waals surface area contributed by atoms with Gasteiger partial charge in [-0.3, -0.25) is 0 Å². The average molecular weight is 567 g/mol. The smallest absolute Gasteiger partial charge is 0.143 e. The van der Waals surface area contributed by atoms with Crippen LogP contribution in [0.5, 0.6) is 0 Å². The zero-order chi connectivity index (χ0) is 29.8. The Morgan fingerprint density at radius 3 is 1.21 bits per heavy atom. The molecule has 42 heavy (non-hydrogen) atoms. The highest BCUT2D eigenvalue weighted by Crippen LogP contribution is 2.16. The summed E-state index contributed by atoms with van der Waals surface area (Å²) in [6.07, 6.45) is 20.3. The van der Waals surface area contributed by atoms with Crippen LogP contribution < -0.4 is 0 Å². The Kier molecular flexibility index (Phi) is 15.6. The lowest BCUT2D eigenvalue weighted by Crippen LogP contribution is -1.93. The summed E-state index contributed by atoms with van der Waals surface area (Å²) in [5.74, 6) is 10.2. The van der Waals surface area contributed by atoms with Gasteiger partial charge in [0, 0.05) is 16.7 Å². The van der Waals surface area contributed by atoms with Crippen molar-refractivity contribution in [3.8, 4) is 23.7 Å². The van der Waals surface area contributed by atoms with E-state index in [0.717, 1.165) is 24.0 Å². The molecule has 0 aromatic heterocycles. The van der Waals surface area contributed by atoms with E-state index < -0.39 is 11.6 Å². The summed E-state index contributed by atoms with van der Waals surface area (Å²) >= 11 is 0. The van der Waals surface area contributed by atoms with Gasteiger partial charge < -0.3 is 0 Å². The van der Waals surface area contributed by atoms with Crippen LogP contribution in [0.4, 0.5) is 8.78 Å². The van der Waals surface area contributed by atoms with E-state index in [1.165, 1.54) is 113 Å². The maximum Gasteiger partial charge on any atom is 0.143 e. The van der Waals surface area contributed by atoms with Crippen LogP contribution >= 0.6 is 0 Å². The van der Waals surface area contributed by atoms with E-state index in [2.05, 4.69) is 61.8 Å². The van der Waals surface area contributed by atoms with Gasteiger partial charge in [0.1, 0.15) is 11.6 Å². The molecular weight excluding hydrogens is 518 g/mol. The van der Waals surface area contributed by atoms with Crippen LogP contribution in [0.25, 0.3) is 0 Å². The lowest BCUT2D eigenvalue weighted by atomic mass is 10.0. The minimum absolute atomic E-state index is 0.220. The largest absolute Gasteiger partial charge is 0.205 e. The highest BCUT2D eigenvalue weighted by molar-refractivity contribution is 5.49. The third-order valence-corrected chi connectivity index (χ3v) is 7.77. The number of rotatable bonds is 16. The summed E-state index contributed by atoms with van der Waals surface area (Å²) < 4.78 is 29.5. The first-order chi connectivity index (χ1) is 20.6. The fourth-order valence-corrected chi connectivity index (χ4v) is 5.13. The zero-order valence-corrected chi connectivity index (χ0v) is 25.8. The van der Waals surface area contributed by atoms with Crippen LogP contribution in [0.3, 0.4) is 0 Å². The van der Waals surface area contributed by atoms with Gasteiger partial charge in [0.05, 0.1) is 5.56 Å². The van der Waals surface area contributed by atoms with Gasteiger partial charge in [0.2, 0.25) is 0 Å². The van der Waals surface area contributed by atoms with E-state index in [4.69, 9.17) is 0 Å². The predicted molar refractivity (Wildman–Crippen MR) is 175 cm³/mol. The van der Waals surface area contributed by atoms with Crippen molar-refractivity contribution in [2.75, 3.05) is 0 Å². The molecule has 0 spiro atoms. The minimum atomic E-state index is -0.688. The number of unbranched alkanes of at least 4 members (excludes halogenated alkanes) is 12. The van der Waals surface area contributed by atoms with Gasteiger partial charge in [-0.1, -0.05) is 139 Å². The first-order valence-electron chi connectivity index (χ1n) is 16.3. The average Bonchev–Trinajstić information content (AvgIpc) is 3.00. The van der Waals surface area contributed by atoms with Crippen LogP contribution in [0, 0.1) is 35.3 Å². The molecule has 0 N–H and O–H groups in total. The molecule has 0 unspecified atom stereocenters. The van der Waals surface area contributed by atoms with Crippen molar-refractivity contribution in [3.05, 3.63) is 106 Å². The summed E-state index contributed by atoms with van der Waals surface area (Å²) in [7, 11) is 0. The third-order valence-electron chi connectivity index (χ3n) is 7.77. The highest BCUT2D eigenvalue weighted by Gasteiger charge is 2.08. The molecule has 0 radical (unpaired) electrons. The first kappa shape index (κ1) is 33.1. The van der Waals surface area contributed by atoms with Crippen LogP contribution in [0.1, 0.15) is 137 Å². The summed E-state index contributed by atoms with van der Waals surface area (Å²) in [6.45, 7) is 4.49. The van der Waals surface area contributed by atoms with Gasteiger partial charge in [-0.05, 0) is 73.2 Å². The number of hydrogen-bond donors (Lipinski definition) is 0. The molecule has 3 aromatic rings. The van der Waals surface area contributed by atoms with Crippen molar-refractivity contribution >= 4 is 0 Å². The van der Waals surface area contributed by atoms with E-state index in [9.17, 15) is 8.78 Å². The second-order valence-electron chi connectivity index (χ2n) is 11.5.